The average Bonchev–Trinajstić information content (AvgIpc) is 2.55. The zero-order chi connectivity index (χ0) is 15.9. The van der Waals surface area contributed by atoms with E-state index in [2.05, 4.69) is 10.2 Å². The summed E-state index contributed by atoms with van der Waals surface area (Å²) in [6, 6.07) is 8.30. The third kappa shape index (κ3) is 4.54. The van der Waals surface area contributed by atoms with Gasteiger partial charge in [0.25, 0.3) is 5.91 Å². The van der Waals surface area contributed by atoms with Crippen LogP contribution < -0.4 is 5.32 Å². The third-order valence-corrected chi connectivity index (χ3v) is 3.79. The van der Waals surface area contributed by atoms with Gasteiger partial charge in [-0.15, -0.1) is 0 Å². The van der Waals surface area contributed by atoms with E-state index in [4.69, 9.17) is 4.74 Å². The second-order valence-electron chi connectivity index (χ2n) is 5.34. The SMILES string of the molecule is CCN1CCOC(C(=O)N[C@H](Cc2ccccc2)C(=O)O)C1. The number of nitrogens with zero attached hydrogens (tertiary/aromatic N) is 1. The van der Waals surface area contributed by atoms with Crippen LogP contribution in [-0.2, 0) is 20.7 Å². The molecule has 1 amide bonds. The van der Waals surface area contributed by atoms with E-state index in [1.807, 2.05) is 37.3 Å². The van der Waals surface area contributed by atoms with Gasteiger partial charge in [0, 0.05) is 19.5 Å². The molecule has 1 fully saturated rings. The fraction of sp³-hybridized carbons (Fsp3) is 0.500. The summed E-state index contributed by atoms with van der Waals surface area (Å²) < 4.78 is 5.46. The van der Waals surface area contributed by atoms with E-state index >= 15 is 0 Å². The number of carbonyl (C=O) groups is 2. The highest BCUT2D eigenvalue weighted by Crippen LogP contribution is 2.07. The highest BCUT2D eigenvalue weighted by atomic mass is 16.5. The highest BCUT2D eigenvalue weighted by molar-refractivity contribution is 5.86. The third-order valence-electron chi connectivity index (χ3n) is 3.79. The zero-order valence-electron chi connectivity index (χ0n) is 12.7. The summed E-state index contributed by atoms with van der Waals surface area (Å²) in [5.41, 5.74) is 0.870. The minimum absolute atomic E-state index is 0.256. The van der Waals surface area contributed by atoms with E-state index in [0.717, 1.165) is 18.7 Å². The Balaban J connectivity index is 1.95. The van der Waals surface area contributed by atoms with Crippen LogP contribution in [0.3, 0.4) is 0 Å². The minimum Gasteiger partial charge on any atom is -0.480 e. The average molecular weight is 306 g/mol. The second kappa shape index (κ2) is 7.91. The summed E-state index contributed by atoms with van der Waals surface area (Å²) in [5, 5.41) is 11.9. The van der Waals surface area contributed by atoms with Gasteiger partial charge in [0.2, 0.25) is 0 Å². The van der Waals surface area contributed by atoms with Gasteiger partial charge in [-0.1, -0.05) is 37.3 Å². The Morgan fingerprint density at radius 2 is 2.14 bits per heavy atom. The smallest absolute Gasteiger partial charge is 0.326 e. The summed E-state index contributed by atoms with van der Waals surface area (Å²) in [5.74, 6) is -1.40. The van der Waals surface area contributed by atoms with Gasteiger partial charge in [-0.3, -0.25) is 9.69 Å². The first kappa shape index (κ1) is 16.5. The van der Waals surface area contributed by atoms with Crippen LogP contribution in [0.5, 0.6) is 0 Å². The Hall–Kier alpha value is -1.92. The fourth-order valence-electron chi connectivity index (χ4n) is 2.46. The van der Waals surface area contributed by atoms with E-state index in [-0.39, 0.29) is 12.3 Å². The van der Waals surface area contributed by atoms with Crippen LogP contribution in [0.15, 0.2) is 30.3 Å². The summed E-state index contributed by atoms with van der Waals surface area (Å²) in [4.78, 5) is 25.7. The molecule has 1 aliphatic heterocycles. The van der Waals surface area contributed by atoms with Crippen molar-refractivity contribution < 1.29 is 19.4 Å². The molecule has 1 aliphatic rings. The number of likely N-dealkylation sites (N-methyl/N-ethyl adjacent to an activating group) is 1. The van der Waals surface area contributed by atoms with Crippen molar-refractivity contribution in [3.63, 3.8) is 0 Å². The van der Waals surface area contributed by atoms with Gasteiger partial charge in [0.1, 0.15) is 12.1 Å². The monoisotopic (exact) mass is 306 g/mol. The van der Waals surface area contributed by atoms with Gasteiger partial charge in [0.15, 0.2) is 0 Å². The van der Waals surface area contributed by atoms with Crippen molar-refractivity contribution in [2.45, 2.75) is 25.5 Å². The molecule has 6 heteroatoms. The molecule has 0 aliphatic carbocycles. The van der Waals surface area contributed by atoms with Crippen molar-refractivity contribution in [1.82, 2.24) is 10.2 Å². The Kier molecular flexibility index (Phi) is 5.91. The topological polar surface area (TPSA) is 78.9 Å². The van der Waals surface area contributed by atoms with Crippen molar-refractivity contribution >= 4 is 11.9 Å². The molecule has 0 spiro atoms. The fourth-order valence-corrected chi connectivity index (χ4v) is 2.46. The number of benzene rings is 1. The molecule has 1 aromatic rings. The molecule has 120 valence electrons. The van der Waals surface area contributed by atoms with Crippen molar-refractivity contribution in [1.29, 1.82) is 0 Å². The predicted octanol–water partition coefficient (Wildman–Crippen LogP) is 0.519. The van der Waals surface area contributed by atoms with E-state index < -0.39 is 18.1 Å². The zero-order valence-corrected chi connectivity index (χ0v) is 12.7. The molecule has 1 heterocycles. The van der Waals surface area contributed by atoms with Crippen LogP contribution >= 0.6 is 0 Å². The maximum atomic E-state index is 12.2. The number of ether oxygens (including phenoxy) is 1. The number of nitrogens with one attached hydrogen (secondary N) is 1. The molecule has 6 nitrogen and oxygen atoms in total. The van der Waals surface area contributed by atoms with Crippen molar-refractivity contribution in [3.8, 4) is 0 Å². The molecule has 0 aromatic heterocycles. The molecule has 1 aromatic carbocycles. The lowest BCUT2D eigenvalue weighted by Crippen LogP contribution is -2.53. The molecule has 1 saturated heterocycles. The molecule has 0 radical (unpaired) electrons. The van der Waals surface area contributed by atoms with Crippen LogP contribution in [-0.4, -0.2) is 60.3 Å². The first-order valence-electron chi connectivity index (χ1n) is 7.51. The van der Waals surface area contributed by atoms with Crippen LogP contribution in [0.4, 0.5) is 0 Å². The Morgan fingerprint density at radius 1 is 1.41 bits per heavy atom. The van der Waals surface area contributed by atoms with Crippen LogP contribution in [0.1, 0.15) is 12.5 Å². The molecule has 1 unspecified atom stereocenters. The van der Waals surface area contributed by atoms with Gasteiger partial charge in [0.05, 0.1) is 6.61 Å². The lowest BCUT2D eigenvalue weighted by molar-refractivity contribution is -0.146. The number of amides is 1. The maximum absolute atomic E-state index is 12.2. The summed E-state index contributed by atoms with van der Waals surface area (Å²) >= 11 is 0. The number of hydrogen-bond acceptors (Lipinski definition) is 4. The van der Waals surface area contributed by atoms with E-state index in [9.17, 15) is 14.7 Å². The predicted molar refractivity (Wildman–Crippen MR) is 81.6 cm³/mol. The van der Waals surface area contributed by atoms with E-state index in [0.29, 0.717) is 13.2 Å². The summed E-state index contributed by atoms with van der Waals surface area (Å²) in [6.45, 7) is 4.66. The van der Waals surface area contributed by atoms with Gasteiger partial charge in [-0.2, -0.15) is 0 Å². The van der Waals surface area contributed by atoms with Gasteiger partial charge in [-0.25, -0.2) is 4.79 Å². The highest BCUT2D eigenvalue weighted by Gasteiger charge is 2.29. The number of morpholine rings is 1. The summed E-state index contributed by atoms with van der Waals surface area (Å²) in [7, 11) is 0. The van der Waals surface area contributed by atoms with Crippen LogP contribution in [0.25, 0.3) is 0 Å². The lowest BCUT2D eigenvalue weighted by Gasteiger charge is -2.31. The lowest BCUT2D eigenvalue weighted by atomic mass is 10.1. The van der Waals surface area contributed by atoms with Gasteiger partial charge < -0.3 is 15.2 Å². The second-order valence-corrected chi connectivity index (χ2v) is 5.34. The number of rotatable bonds is 6. The number of carbonyl (C=O) groups excluding carboxylic acids is 1. The Labute approximate surface area is 130 Å². The Bertz CT molecular complexity index is 506. The summed E-state index contributed by atoms with van der Waals surface area (Å²) in [6.07, 6.45) is -0.349. The minimum atomic E-state index is -1.04. The molecule has 22 heavy (non-hydrogen) atoms. The van der Waals surface area contributed by atoms with Crippen LogP contribution in [0.2, 0.25) is 0 Å². The van der Waals surface area contributed by atoms with E-state index in [1.54, 1.807) is 0 Å². The molecule has 2 rings (SSSR count). The molecule has 2 atom stereocenters. The standard InChI is InChI=1S/C16H22N2O4/c1-2-18-8-9-22-14(11-18)15(19)17-13(16(20)21)10-12-6-4-3-5-7-12/h3-7,13-14H,2,8-11H2,1H3,(H,17,19)(H,20,21)/t13-,14?/m1/s1. The van der Waals surface area contributed by atoms with E-state index in [1.165, 1.54) is 0 Å². The molecule has 2 N–H and O–H groups in total. The first-order valence-corrected chi connectivity index (χ1v) is 7.51. The van der Waals surface area contributed by atoms with Crippen LogP contribution in [0, 0.1) is 0 Å². The largest absolute Gasteiger partial charge is 0.480 e. The number of hydrogen-bond donors (Lipinski definition) is 2. The van der Waals surface area contributed by atoms with Crippen molar-refractivity contribution in [2.24, 2.45) is 0 Å². The molecule has 0 bridgehead atoms. The van der Waals surface area contributed by atoms with Gasteiger partial charge in [-0.05, 0) is 12.1 Å². The Morgan fingerprint density at radius 3 is 2.77 bits per heavy atom. The van der Waals surface area contributed by atoms with Crippen molar-refractivity contribution in [3.05, 3.63) is 35.9 Å². The first-order chi connectivity index (χ1) is 10.6. The molecule has 0 saturated carbocycles. The normalized spacial score (nSPS) is 20.3. The molecular formula is C16H22N2O4. The number of carboxylic acids is 1. The molecular weight excluding hydrogens is 284 g/mol. The van der Waals surface area contributed by atoms with Crippen molar-refractivity contribution in [2.75, 3.05) is 26.2 Å². The number of aliphatic carboxylic acids is 1. The van der Waals surface area contributed by atoms with Gasteiger partial charge >= 0.3 is 5.97 Å². The maximum Gasteiger partial charge on any atom is 0.326 e. The number of carboxylic acid groups (broad SMARTS) is 1. The quantitative estimate of drug-likeness (QED) is 0.801.